The predicted molar refractivity (Wildman–Crippen MR) is 127 cm³/mol. The number of piperidine rings is 1. The monoisotopic (exact) mass is 480 g/mol. The Morgan fingerprint density at radius 1 is 0.971 bits per heavy atom. The molecule has 0 atom stereocenters. The molecule has 10 heteroatoms. The predicted octanol–water partition coefficient (Wildman–Crippen LogP) is 4.64. The van der Waals surface area contributed by atoms with Crippen LogP contribution in [-0.2, 0) is 6.18 Å². The van der Waals surface area contributed by atoms with Crippen LogP contribution < -0.4 is 16.0 Å². The van der Waals surface area contributed by atoms with Gasteiger partial charge >= 0.3 is 6.18 Å². The van der Waals surface area contributed by atoms with Gasteiger partial charge in [0.1, 0.15) is 0 Å². The third-order valence-electron chi connectivity index (χ3n) is 5.95. The van der Waals surface area contributed by atoms with Gasteiger partial charge in [-0.25, -0.2) is 4.52 Å². The number of anilines is 2. The maximum Gasteiger partial charge on any atom is 0.416 e. The number of alkyl halides is 3. The Morgan fingerprint density at radius 2 is 1.69 bits per heavy atom. The van der Waals surface area contributed by atoms with Crippen LogP contribution in [-0.4, -0.2) is 39.6 Å². The fourth-order valence-electron chi connectivity index (χ4n) is 4.08. The maximum absolute atomic E-state index is 12.9. The molecule has 1 aliphatic rings. The molecule has 0 unspecified atom stereocenters. The normalized spacial score (nSPS) is 14.7. The van der Waals surface area contributed by atoms with Crippen molar-refractivity contribution >= 4 is 23.2 Å². The number of carbonyl (C=O) groups excluding carboxylic acids is 1. The molecule has 1 aliphatic heterocycles. The van der Waals surface area contributed by atoms with E-state index < -0.39 is 11.7 Å². The number of nitrogens with zero attached hydrogens (tertiary/aromatic N) is 3. The molecular formula is C25H23F3N6O. The molecular weight excluding hydrogens is 457 g/mol. The van der Waals surface area contributed by atoms with Crippen LogP contribution in [0.5, 0.6) is 0 Å². The molecule has 0 radical (unpaired) electrons. The molecule has 1 saturated heterocycles. The quantitative estimate of drug-likeness (QED) is 0.388. The summed E-state index contributed by atoms with van der Waals surface area (Å²) in [5, 5.41) is 13.9. The van der Waals surface area contributed by atoms with Crippen molar-refractivity contribution in [3.8, 4) is 11.3 Å². The molecule has 180 valence electrons. The van der Waals surface area contributed by atoms with E-state index in [1.165, 1.54) is 12.1 Å². The van der Waals surface area contributed by atoms with Gasteiger partial charge in [0.15, 0.2) is 5.65 Å². The van der Waals surface area contributed by atoms with Gasteiger partial charge in [0.2, 0.25) is 5.95 Å². The minimum Gasteiger partial charge on any atom is -0.349 e. The Hall–Kier alpha value is -3.92. The Morgan fingerprint density at radius 3 is 2.37 bits per heavy atom. The molecule has 7 nitrogen and oxygen atoms in total. The van der Waals surface area contributed by atoms with E-state index in [1.54, 1.807) is 47.0 Å². The highest BCUT2D eigenvalue weighted by atomic mass is 19.4. The van der Waals surface area contributed by atoms with Crippen LogP contribution in [0.2, 0.25) is 0 Å². The molecule has 0 aliphatic carbocycles. The van der Waals surface area contributed by atoms with Crippen LogP contribution >= 0.6 is 0 Å². The number of carbonyl (C=O) groups is 1. The summed E-state index contributed by atoms with van der Waals surface area (Å²) in [6.45, 7) is 1.81. The summed E-state index contributed by atoms with van der Waals surface area (Å²) in [6, 6.07) is 17.5. The first-order valence-corrected chi connectivity index (χ1v) is 11.3. The summed E-state index contributed by atoms with van der Waals surface area (Å²) in [5.74, 6) is 0.228. The second-order valence-corrected chi connectivity index (χ2v) is 8.39. The van der Waals surface area contributed by atoms with Crippen molar-refractivity contribution in [3.63, 3.8) is 0 Å². The van der Waals surface area contributed by atoms with Crippen LogP contribution in [0.4, 0.5) is 24.8 Å². The number of aromatic nitrogens is 3. The zero-order valence-corrected chi connectivity index (χ0v) is 18.6. The summed E-state index contributed by atoms with van der Waals surface area (Å²) in [7, 11) is 0. The van der Waals surface area contributed by atoms with Crippen molar-refractivity contribution in [2.24, 2.45) is 0 Å². The van der Waals surface area contributed by atoms with Crippen molar-refractivity contribution in [3.05, 3.63) is 77.9 Å². The second kappa shape index (κ2) is 9.38. The zero-order chi connectivity index (χ0) is 24.4. The molecule has 35 heavy (non-hydrogen) atoms. The Labute approximate surface area is 199 Å². The average Bonchev–Trinajstić information content (AvgIpc) is 3.27. The lowest BCUT2D eigenvalue weighted by Crippen LogP contribution is -2.42. The van der Waals surface area contributed by atoms with E-state index in [-0.39, 0.29) is 11.9 Å². The molecule has 3 heterocycles. The van der Waals surface area contributed by atoms with Gasteiger partial charge in [-0.15, -0.1) is 5.10 Å². The highest BCUT2D eigenvalue weighted by Gasteiger charge is 2.30. The first-order valence-electron chi connectivity index (χ1n) is 11.3. The van der Waals surface area contributed by atoms with Crippen LogP contribution in [0.1, 0.15) is 28.8 Å². The summed E-state index contributed by atoms with van der Waals surface area (Å²) >= 11 is 0. The smallest absolute Gasteiger partial charge is 0.349 e. The van der Waals surface area contributed by atoms with E-state index >= 15 is 0 Å². The van der Waals surface area contributed by atoms with E-state index in [4.69, 9.17) is 0 Å². The SMILES string of the molecule is O=C(NC1CCNCC1)c1ccc(Nc2nc3cccc(-c4ccc(C(F)(F)F)cc4)n3n2)cc1. The number of benzene rings is 2. The Kier molecular flexibility index (Phi) is 6.12. The van der Waals surface area contributed by atoms with E-state index in [9.17, 15) is 18.0 Å². The molecule has 5 rings (SSSR count). The van der Waals surface area contributed by atoms with Gasteiger partial charge in [0.25, 0.3) is 5.91 Å². The summed E-state index contributed by atoms with van der Waals surface area (Å²) in [6.07, 6.45) is -2.56. The number of hydrogen-bond donors (Lipinski definition) is 3. The number of hydrogen-bond acceptors (Lipinski definition) is 5. The topological polar surface area (TPSA) is 83.4 Å². The number of amides is 1. The minimum atomic E-state index is -4.39. The lowest BCUT2D eigenvalue weighted by atomic mass is 10.1. The van der Waals surface area contributed by atoms with Crippen molar-refractivity contribution in [1.29, 1.82) is 0 Å². The standard InChI is InChI=1S/C25H23F3N6O/c26-25(27,28)18-8-4-16(5-9-18)21-2-1-3-22-32-24(33-34(21)22)31-19-10-6-17(7-11-19)23(35)30-20-12-14-29-15-13-20/h1-11,20,29H,12-15H2,(H,30,35)(H,31,33). The van der Waals surface area contributed by atoms with E-state index in [1.807, 2.05) is 0 Å². The third kappa shape index (κ3) is 5.12. The van der Waals surface area contributed by atoms with Gasteiger partial charge < -0.3 is 16.0 Å². The molecule has 0 spiro atoms. The fraction of sp³-hybridized carbons (Fsp3) is 0.240. The lowest BCUT2D eigenvalue weighted by Gasteiger charge is -2.23. The largest absolute Gasteiger partial charge is 0.416 e. The molecule has 0 bridgehead atoms. The van der Waals surface area contributed by atoms with Crippen molar-refractivity contribution in [1.82, 2.24) is 25.2 Å². The van der Waals surface area contributed by atoms with Gasteiger partial charge in [0.05, 0.1) is 11.3 Å². The van der Waals surface area contributed by atoms with Gasteiger partial charge in [-0.1, -0.05) is 18.2 Å². The number of nitrogens with one attached hydrogen (secondary N) is 3. The highest BCUT2D eigenvalue weighted by Crippen LogP contribution is 2.31. The summed E-state index contributed by atoms with van der Waals surface area (Å²) < 4.78 is 40.3. The lowest BCUT2D eigenvalue weighted by molar-refractivity contribution is -0.137. The molecule has 2 aromatic heterocycles. The number of halogens is 3. The van der Waals surface area contributed by atoms with Gasteiger partial charge in [-0.05, 0) is 74.5 Å². The van der Waals surface area contributed by atoms with Crippen LogP contribution in [0.25, 0.3) is 16.9 Å². The Bertz CT molecular complexity index is 1330. The molecule has 0 saturated carbocycles. The van der Waals surface area contributed by atoms with Crippen LogP contribution in [0.3, 0.4) is 0 Å². The number of pyridine rings is 1. The molecule has 1 fully saturated rings. The fourth-order valence-corrected chi connectivity index (χ4v) is 4.08. The first kappa shape index (κ1) is 22.9. The van der Waals surface area contributed by atoms with E-state index in [0.717, 1.165) is 38.1 Å². The second-order valence-electron chi connectivity index (χ2n) is 8.39. The molecule has 3 N–H and O–H groups in total. The molecule has 1 amide bonds. The third-order valence-corrected chi connectivity index (χ3v) is 5.95. The summed E-state index contributed by atoms with van der Waals surface area (Å²) in [4.78, 5) is 17.0. The molecule has 4 aromatic rings. The van der Waals surface area contributed by atoms with Gasteiger partial charge in [-0.2, -0.15) is 18.2 Å². The van der Waals surface area contributed by atoms with Crippen molar-refractivity contribution < 1.29 is 18.0 Å². The zero-order valence-electron chi connectivity index (χ0n) is 18.6. The maximum atomic E-state index is 12.9. The van der Waals surface area contributed by atoms with E-state index in [2.05, 4.69) is 26.0 Å². The highest BCUT2D eigenvalue weighted by molar-refractivity contribution is 5.94. The Balaban J connectivity index is 1.31. The average molecular weight is 480 g/mol. The molecule has 2 aromatic carbocycles. The first-order chi connectivity index (χ1) is 16.9. The summed E-state index contributed by atoms with van der Waals surface area (Å²) in [5.41, 5.74) is 2.31. The van der Waals surface area contributed by atoms with Crippen molar-refractivity contribution in [2.75, 3.05) is 18.4 Å². The van der Waals surface area contributed by atoms with Crippen LogP contribution in [0, 0.1) is 0 Å². The number of rotatable bonds is 5. The van der Waals surface area contributed by atoms with Crippen molar-refractivity contribution in [2.45, 2.75) is 25.1 Å². The van der Waals surface area contributed by atoms with Gasteiger partial charge in [-0.3, -0.25) is 4.79 Å². The van der Waals surface area contributed by atoms with Crippen LogP contribution in [0.15, 0.2) is 66.7 Å². The number of fused-ring (bicyclic) bond motifs is 1. The van der Waals surface area contributed by atoms with E-state index in [0.29, 0.717) is 34.1 Å². The van der Waals surface area contributed by atoms with Gasteiger partial charge in [0, 0.05) is 22.9 Å². The minimum absolute atomic E-state index is 0.101.